The molecule has 0 spiro atoms. The predicted molar refractivity (Wildman–Crippen MR) is 63.0 cm³/mol. The molecule has 0 radical (unpaired) electrons. The highest BCUT2D eigenvalue weighted by Crippen LogP contribution is 2.12. The van der Waals surface area contributed by atoms with Crippen LogP contribution < -0.4 is 10.0 Å². The first-order valence-corrected chi connectivity index (χ1v) is 6.92. The summed E-state index contributed by atoms with van der Waals surface area (Å²) < 4.78 is 30.1. The lowest BCUT2D eigenvalue weighted by Crippen LogP contribution is -2.18. The molecule has 0 amide bonds. The zero-order valence-corrected chi connectivity index (χ0v) is 10.6. The highest BCUT2D eigenvalue weighted by Gasteiger charge is 2.15. The Hall–Kier alpha value is -0.890. The van der Waals surface area contributed by atoms with Crippen molar-refractivity contribution in [2.24, 2.45) is 0 Å². The maximum absolute atomic E-state index is 11.4. The molecule has 1 aromatic rings. The van der Waals surface area contributed by atoms with E-state index >= 15 is 0 Å². The highest BCUT2D eigenvalue weighted by atomic mass is 32.2. The van der Waals surface area contributed by atoms with Crippen LogP contribution in [-0.2, 0) is 16.6 Å². The summed E-state index contributed by atoms with van der Waals surface area (Å²) in [5.74, 6) is 0.572. The summed E-state index contributed by atoms with van der Waals surface area (Å²) in [5, 5.41) is 11.6. The standard InChI is InChI=1S/C10H18N2O4S/c1-11-17(14,15)10-5-4-9(16-10)8-12-6-2-3-7-13/h4-5,11-13H,2-3,6-8H2,1H3. The van der Waals surface area contributed by atoms with E-state index in [9.17, 15) is 8.42 Å². The number of hydrogen-bond acceptors (Lipinski definition) is 5. The number of sulfonamides is 1. The van der Waals surface area contributed by atoms with Crippen LogP contribution >= 0.6 is 0 Å². The molecule has 1 rings (SSSR count). The van der Waals surface area contributed by atoms with Gasteiger partial charge in [0.25, 0.3) is 10.0 Å². The Morgan fingerprint density at radius 3 is 2.76 bits per heavy atom. The van der Waals surface area contributed by atoms with Crippen LogP contribution in [0.1, 0.15) is 18.6 Å². The van der Waals surface area contributed by atoms with Crippen LogP contribution in [0.3, 0.4) is 0 Å². The Morgan fingerprint density at radius 1 is 1.35 bits per heavy atom. The normalized spacial score (nSPS) is 11.9. The molecule has 0 aromatic carbocycles. The van der Waals surface area contributed by atoms with Gasteiger partial charge in [-0.1, -0.05) is 0 Å². The Labute approximate surface area is 101 Å². The van der Waals surface area contributed by atoms with Gasteiger partial charge in [0.15, 0.2) is 0 Å². The van der Waals surface area contributed by atoms with Crippen LogP contribution in [0.4, 0.5) is 0 Å². The molecular weight excluding hydrogens is 244 g/mol. The van der Waals surface area contributed by atoms with E-state index in [4.69, 9.17) is 9.52 Å². The molecule has 0 saturated carbocycles. The van der Waals surface area contributed by atoms with E-state index in [2.05, 4.69) is 10.0 Å². The summed E-state index contributed by atoms with van der Waals surface area (Å²) >= 11 is 0. The van der Waals surface area contributed by atoms with Gasteiger partial charge in [0, 0.05) is 6.61 Å². The fraction of sp³-hybridized carbons (Fsp3) is 0.600. The first kappa shape index (κ1) is 14.2. The molecular formula is C10H18N2O4S. The minimum atomic E-state index is -3.49. The van der Waals surface area contributed by atoms with E-state index in [1.165, 1.54) is 13.1 Å². The summed E-state index contributed by atoms with van der Waals surface area (Å²) in [6.07, 6.45) is 1.63. The van der Waals surface area contributed by atoms with Crippen LogP contribution in [0, 0.1) is 0 Å². The third-order valence-corrected chi connectivity index (χ3v) is 3.52. The molecule has 17 heavy (non-hydrogen) atoms. The van der Waals surface area contributed by atoms with Crippen LogP contribution in [-0.4, -0.2) is 33.7 Å². The van der Waals surface area contributed by atoms with Crippen LogP contribution in [0.15, 0.2) is 21.6 Å². The second-order valence-corrected chi connectivity index (χ2v) is 5.35. The van der Waals surface area contributed by atoms with Crippen molar-refractivity contribution >= 4 is 10.0 Å². The maximum Gasteiger partial charge on any atom is 0.273 e. The van der Waals surface area contributed by atoms with E-state index in [-0.39, 0.29) is 11.7 Å². The molecule has 98 valence electrons. The SMILES string of the molecule is CNS(=O)(=O)c1ccc(CNCCCCO)o1. The van der Waals surface area contributed by atoms with Gasteiger partial charge in [0.05, 0.1) is 6.54 Å². The molecule has 0 aliphatic carbocycles. The van der Waals surface area contributed by atoms with E-state index in [1.54, 1.807) is 6.07 Å². The van der Waals surface area contributed by atoms with Gasteiger partial charge in [-0.25, -0.2) is 13.1 Å². The van der Waals surface area contributed by atoms with Gasteiger partial charge in [0.2, 0.25) is 5.09 Å². The molecule has 0 saturated heterocycles. The molecule has 0 unspecified atom stereocenters. The molecule has 6 nitrogen and oxygen atoms in total. The summed E-state index contributed by atoms with van der Waals surface area (Å²) in [7, 11) is -2.16. The maximum atomic E-state index is 11.4. The number of unbranched alkanes of at least 4 members (excludes halogenated alkanes) is 1. The first-order valence-electron chi connectivity index (χ1n) is 5.44. The smallest absolute Gasteiger partial charge is 0.273 e. The molecule has 1 heterocycles. The van der Waals surface area contributed by atoms with Crippen LogP contribution in [0.25, 0.3) is 0 Å². The average Bonchev–Trinajstić information content (AvgIpc) is 2.78. The van der Waals surface area contributed by atoms with Gasteiger partial charge in [-0.15, -0.1) is 0 Å². The van der Waals surface area contributed by atoms with Gasteiger partial charge in [-0.3, -0.25) is 0 Å². The summed E-state index contributed by atoms with van der Waals surface area (Å²) in [5.41, 5.74) is 0. The zero-order chi connectivity index (χ0) is 12.7. The van der Waals surface area contributed by atoms with Crippen LogP contribution in [0.5, 0.6) is 0 Å². The Bertz CT molecular complexity index is 427. The van der Waals surface area contributed by atoms with Gasteiger partial charge in [-0.2, -0.15) is 0 Å². The van der Waals surface area contributed by atoms with Crippen molar-refractivity contribution in [3.63, 3.8) is 0 Å². The summed E-state index contributed by atoms with van der Waals surface area (Å²) in [6, 6.07) is 3.06. The third kappa shape index (κ3) is 4.47. The molecule has 3 N–H and O–H groups in total. The van der Waals surface area contributed by atoms with Gasteiger partial charge in [0.1, 0.15) is 5.76 Å². The van der Waals surface area contributed by atoms with Crippen molar-refractivity contribution in [2.75, 3.05) is 20.2 Å². The summed E-state index contributed by atoms with van der Waals surface area (Å²) in [4.78, 5) is 0. The minimum absolute atomic E-state index is 0.0767. The number of aliphatic hydroxyl groups excluding tert-OH is 1. The van der Waals surface area contributed by atoms with Crippen molar-refractivity contribution < 1.29 is 17.9 Å². The number of aliphatic hydroxyl groups is 1. The molecule has 0 aliphatic heterocycles. The Kier molecular flexibility index (Phi) is 5.63. The second-order valence-electron chi connectivity index (χ2n) is 3.54. The number of nitrogens with one attached hydrogen (secondary N) is 2. The lowest BCUT2D eigenvalue weighted by atomic mass is 10.3. The van der Waals surface area contributed by atoms with Crippen LogP contribution in [0.2, 0.25) is 0 Å². The molecule has 0 aliphatic rings. The van der Waals surface area contributed by atoms with Gasteiger partial charge >= 0.3 is 0 Å². The highest BCUT2D eigenvalue weighted by molar-refractivity contribution is 7.89. The van der Waals surface area contributed by atoms with Crippen molar-refractivity contribution in [2.45, 2.75) is 24.5 Å². The van der Waals surface area contributed by atoms with Crippen molar-refractivity contribution in [1.82, 2.24) is 10.0 Å². The molecule has 7 heteroatoms. The lowest BCUT2D eigenvalue weighted by Gasteiger charge is -2.01. The van der Waals surface area contributed by atoms with E-state index in [0.29, 0.717) is 12.3 Å². The molecule has 0 fully saturated rings. The van der Waals surface area contributed by atoms with Gasteiger partial charge < -0.3 is 14.8 Å². The number of furan rings is 1. The topological polar surface area (TPSA) is 91.6 Å². The molecule has 0 atom stereocenters. The third-order valence-electron chi connectivity index (χ3n) is 2.23. The monoisotopic (exact) mass is 262 g/mol. The van der Waals surface area contributed by atoms with E-state index in [1.807, 2.05) is 0 Å². The number of hydrogen-bond donors (Lipinski definition) is 3. The predicted octanol–water partition coefficient (Wildman–Crippen LogP) is 0.0498. The first-order chi connectivity index (χ1) is 8.10. The van der Waals surface area contributed by atoms with Crippen molar-refractivity contribution in [1.29, 1.82) is 0 Å². The fourth-order valence-corrected chi connectivity index (χ4v) is 1.94. The largest absolute Gasteiger partial charge is 0.447 e. The molecule has 0 bridgehead atoms. The zero-order valence-electron chi connectivity index (χ0n) is 9.77. The summed E-state index contributed by atoms with van der Waals surface area (Å²) in [6.45, 7) is 1.42. The van der Waals surface area contributed by atoms with E-state index < -0.39 is 10.0 Å². The fourth-order valence-electron chi connectivity index (χ4n) is 1.27. The quantitative estimate of drug-likeness (QED) is 0.576. The Morgan fingerprint density at radius 2 is 2.12 bits per heavy atom. The van der Waals surface area contributed by atoms with Crippen molar-refractivity contribution in [3.05, 3.63) is 17.9 Å². The lowest BCUT2D eigenvalue weighted by molar-refractivity contribution is 0.283. The second kappa shape index (κ2) is 6.75. The molecule has 1 aromatic heterocycles. The Balaban J connectivity index is 2.41. The number of rotatable bonds is 8. The van der Waals surface area contributed by atoms with Crippen molar-refractivity contribution in [3.8, 4) is 0 Å². The van der Waals surface area contributed by atoms with E-state index in [0.717, 1.165) is 19.4 Å². The van der Waals surface area contributed by atoms with Gasteiger partial charge in [-0.05, 0) is 38.6 Å². The average molecular weight is 262 g/mol. The minimum Gasteiger partial charge on any atom is -0.447 e.